The molecule has 1 aliphatic heterocycles. The summed E-state index contributed by atoms with van der Waals surface area (Å²) in [7, 11) is 0. The van der Waals surface area contributed by atoms with Gasteiger partial charge in [0.2, 0.25) is 0 Å². The highest BCUT2D eigenvalue weighted by Gasteiger charge is 2.34. The van der Waals surface area contributed by atoms with E-state index in [0.717, 1.165) is 0 Å². The van der Waals surface area contributed by atoms with E-state index < -0.39 is 5.97 Å². The van der Waals surface area contributed by atoms with Gasteiger partial charge in [0.15, 0.2) is 0 Å². The first-order valence-corrected chi connectivity index (χ1v) is 4.05. The topological polar surface area (TPSA) is 49.3 Å². The van der Waals surface area contributed by atoms with Gasteiger partial charge in [0.1, 0.15) is 5.25 Å². The molecule has 2 N–H and O–H groups in total. The molecule has 0 aromatic heterocycles. The molecule has 0 spiro atoms. The summed E-state index contributed by atoms with van der Waals surface area (Å²) in [5.74, 6) is -0.719. The highest BCUT2D eigenvalue weighted by atomic mass is 32.2. The Balaban J connectivity index is 2.51. The van der Waals surface area contributed by atoms with Gasteiger partial charge in [-0.05, 0) is 13.8 Å². The largest absolute Gasteiger partial charge is 0.480 e. The van der Waals surface area contributed by atoms with Crippen molar-refractivity contribution in [3.05, 3.63) is 0 Å². The predicted molar refractivity (Wildman–Crippen MR) is 41.1 cm³/mol. The van der Waals surface area contributed by atoms with Crippen LogP contribution < -0.4 is 5.32 Å². The van der Waals surface area contributed by atoms with E-state index in [1.165, 1.54) is 11.8 Å². The van der Waals surface area contributed by atoms with Crippen LogP contribution in [0.1, 0.15) is 13.8 Å². The molecular formula is C6H11NO2S. The van der Waals surface area contributed by atoms with E-state index in [1.54, 1.807) is 0 Å². The minimum absolute atomic E-state index is 0.0664. The molecule has 58 valence electrons. The van der Waals surface area contributed by atoms with Crippen molar-refractivity contribution in [2.75, 3.05) is 6.54 Å². The molecule has 1 fully saturated rings. The second-order valence-electron chi connectivity index (χ2n) is 2.84. The Morgan fingerprint density at radius 1 is 1.80 bits per heavy atom. The van der Waals surface area contributed by atoms with Gasteiger partial charge >= 0.3 is 5.97 Å². The molecule has 0 amide bonds. The summed E-state index contributed by atoms with van der Waals surface area (Å²) in [5, 5.41) is 11.4. The van der Waals surface area contributed by atoms with E-state index in [4.69, 9.17) is 5.11 Å². The minimum atomic E-state index is -0.719. The van der Waals surface area contributed by atoms with Crippen molar-refractivity contribution in [1.29, 1.82) is 0 Å². The fourth-order valence-electron chi connectivity index (χ4n) is 0.915. The van der Waals surface area contributed by atoms with Crippen LogP contribution in [0.5, 0.6) is 0 Å². The number of carbonyl (C=O) groups is 1. The second-order valence-corrected chi connectivity index (χ2v) is 4.66. The zero-order valence-corrected chi connectivity index (χ0v) is 6.86. The van der Waals surface area contributed by atoms with E-state index in [9.17, 15) is 4.79 Å². The van der Waals surface area contributed by atoms with Crippen molar-refractivity contribution in [1.82, 2.24) is 5.32 Å². The summed E-state index contributed by atoms with van der Waals surface area (Å²) in [4.78, 5) is 10.4. The first-order chi connectivity index (χ1) is 4.51. The highest BCUT2D eigenvalue weighted by molar-refractivity contribution is 8.02. The number of nitrogens with one attached hydrogen (secondary N) is 1. The molecule has 0 radical (unpaired) electrons. The average molecular weight is 161 g/mol. The third kappa shape index (κ3) is 1.64. The van der Waals surface area contributed by atoms with E-state index in [0.29, 0.717) is 6.54 Å². The molecule has 1 unspecified atom stereocenters. The van der Waals surface area contributed by atoms with Crippen molar-refractivity contribution in [2.45, 2.75) is 24.0 Å². The summed E-state index contributed by atoms with van der Waals surface area (Å²) in [6, 6.07) is 0. The Bertz CT molecular complexity index is 158. The van der Waals surface area contributed by atoms with Gasteiger partial charge in [-0.25, -0.2) is 0 Å². The molecular weight excluding hydrogens is 150 g/mol. The van der Waals surface area contributed by atoms with Crippen molar-refractivity contribution in [3.8, 4) is 0 Å². The number of hydrogen-bond donors (Lipinski definition) is 2. The molecule has 1 rings (SSSR count). The zero-order chi connectivity index (χ0) is 7.78. The van der Waals surface area contributed by atoms with Crippen molar-refractivity contribution < 1.29 is 9.90 Å². The van der Waals surface area contributed by atoms with Crippen LogP contribution in [-0.4, -0.2) is 27.7 Å². The normalized spacial score (nSPS) is 30.4. The van der Waals surface area contributed by atoms with Crippen LogP contribution in [0.15, 0.2) is 0 Å². The van der Waals surface area contributed by atoms with Gasteiger partial charge in [-0.1, -0.05) is 0 Å². The Hall–Kier alpha value is -0.220. The maximum absolute atomic E-state index is 10.4. The predicted octanol–water partition coefficient (Wildman–Crippen LogP) is 0.512. The number of carboxylic acids is 1. The Morgan fingerprint density at radius 2 is 2.40 bits per heavy atom. The van der Waals surface area contributed by atoms with Crippen LogP contribution in [0.25, 0.3) is 0 Å². The monoisotopic (exact) mass is 161 g/mol. The van der Waals surface area contributed by atoms with Gasteiger partial charge in [0.25, 0.3) is 0 Å². The summed E-state index contributed by atoms with van der Waals surface area (Å²) < 4.78 is 0. The minimum Gasteiger partial charge on any atom is -0.480 e. The van der Waals surface area contributed by atoms with Gasteiger partial charge in [-0.15, -0.1) is 11.8 Å². The molecule has 4 heteroatoms. The highest BCUT2D eigenvalue weighted by Crippen LogP contribution is 2.31. The number of hydrogen-bond acceptors (Lipinski definition) is 3. The van der Waals surface area contributed by atoms with Crippen LogP contribution in [0.4, 0.5) is 0 Å². The van der Waals surface area contributed by atoms with Crippen molar-refractivity contribution in [3.63, 3.8) is 0 Å². The average Bonchev–Trinajstić information content (AvgIpc) is 2.10. The summed E-state index contributed by atoms with van der Waals surface area (Å²) in [6.07, 6.45) is 0. The fourth-order valence-corrected chi connectivity index (χ4v) is 2.06. The van der Waals surface area contributed by atoms with Crippen LogP contribution in [-0.2, 0) is 4.79 Å². The summed E-state index contributed by atoms with van der Waals surface area (Å²) in [6.45, 7) is 4.55. The van der Waals surface area contributed by atoms with Crippen LogP contribution in [0.3, 0.4) is 0 Å². The lowest BCUT2D eigenvalue weighted by atomic mass is 10.3. The third-order valence-electron chi connectivity index (χ3n) is 1.43. The molecule has 0 aromatic carbocycles. The van der Waals surface area contributed by atoms with E-state index in [1.807, 2.05) is 13.8 Å². The van der Waals surface area contributed by atoms with Gasteiger partial charge in [0.05, 0.1) is 4.87 Å². The van der Waals surface area contributed by atoms with Gasteiger partial charge in [-0.3, -0.25) is 4.79 Å². The Morgan fingerprint density at radius 3 is 2.60 bits per heavy atom. The molecule has 1 heterocycles. The number of aliphatic carboxylic acids is 1. The lowest BCUT2D eigenvalue weighted by Crippen LogP contribution is -2.29. The number of rotatable bonds is 1. The lowest BCUT2D eigenvalue weighted by Gasteiger charge is -2.15. The maximum Gasteiger partial charge on any atom is 0.318 e. The first kappa shape index (κ1) is 7.88. The molecule has 10 heavy (non-hydrogen) atoms. The van der Waals surface area contributed by atoms with Gasteiger partial charge in [0, 0.05) is 6.54 Å². The fraction of sp³-hybridized carbons (Fsp3) is 0.833. The molecule has 0 aliphatic carbocycles. The molecule has 1 saturated heterocycles. The maximum atomic E-state index is 10.4. The number of thioether (sulfide) groups is 1. The smallest absolute Gasteiger partial charge is 0.318 e. The van der Waals surface area contributed by atoms with Gasteiger partial charge < -0.3 is 10.4 Å². The number of carboxylic acid groups (broad SMARTS) is 1. The van der Waals surface area contributed by atoms with Crippen molar-refractivity contribution in [2.24, 2.45) is 0 Å². The molecule has 1 aliphatic rings. The third-order valence-corrected chi connectivity index (χ3v) is 2.81. The molecule has 0 aromatic rings. The van der Waals surface area contributed by atoms with Crippen molar-refractivity contribution >= 4 is 17.7 Å². The lowest BCUT2D eigenvalue weighted by molar-refractivity contribution is -0.136. The first-order valence-electron chi connectivity index (χ1n) is 3.17. The summed E-state index contributed by atoms with van der Waals surface area (Å²) >= 11 is 1.47. The summed E-state index contributed by atoms with van der Waals surface area (Å²) in [5.41, 5.74) is 0. The van der Waals surface area contributed by atoms with Gasteiger partial charge in [-0.2, -0.15) is 0 Å². The van der Waals surface area contributed by atoms with E-state index >= 15 is 0 Å². The molecule has 0 bridgehead atoms. The molecule has 0 saturated carbocycles. The second kappa shape index (κ2) is 2.43. The van der Waals surface area contributed by atoms with Crippen LogP contribution >= 0.6 is 11.8 Å². The van der Waals surface area contributed by atoms with E-state index in [-0.39, 0.29) is 10.1 Å². The van der Waals surface area contributed by atoms with Crippen LogP contribution in [0, 0.1) is 0 Å². The zero-order valence-electron chi connectivity index (χ0n) is 6.05. The van der Waals surface area contributed by atoms with Crippen LogP contribution in [0.2, 0.25) is 0 Å². The standard InChI is InChI=1S/C6H11NO2S/c1-6(2)7-3-4(10-6)5(8)9/h4,7H,3H2,1-2H3,(H,8,9). The quantitative estimate of drug-likeness (QED) is 0.588. The Labute approximate surface area is 64.2 Å². The Kier molecular flexibility index (Phi) is 1.92. The molecule has 3 nitrogen and oxygen atoms in total. The van der Waals surface area contributed by atoms with E-state index in [2.05, 4.69) is 5.32 Å². The molecule has 1 atom stereocenters. The SMILES string of the molecule is CC1(C)NCC(C(=O)O)S1.